The van der Waals surface area contributed by atoms with Crippen LogP contribution in [-0.2, 0) is 4.79 Å². The van der Waals surface area contributed by atoms with E-state index in [2.05, 4.69) is 12.2 Å². The average molecular weight is 264 g/mol. The number of nitrogens with two attached hydrogens (primary N) is 1. The van der Waals surface area contributed by atoms with Gasteiger partial charge < -0.3 is 16.0 Å². The van der Waals surface area contributed by atoms with Gasteiger partial charge in [-0.25, -0.2) is 0 Å². The molecule has 1 aliphatic rings. The molecule has 1 rings (SSSR count). The molecule has 0 aromatic heterocycles. The van der Waals surface area contributed by atoms with E-state index in [1.807, 2.05) is 18.7 Å². The van der Waals surface area contributed by atoms with Crippen LogP contribution in [0.15, 0.2) is 0 Å². The van der Waals surface area contributed by atoms with Crippen LogP contribution in [0.4, 0.5) is 0 Å². The summed E-state index contributed by atoms with van der Waals surface area (Å²) in [7, 11) is 0. The molecule has 0 aliphatic heterocycles. The molecule has 1 fully saturated rings. The molecule has 1 unspecified atom stereocenters. The first-order valence-corrected chi connectivity index (χ1v) is 6.30. The minimum absolute atomic E-state index is 0. The average Bonchev–Trinajstić information content (AvgIpc) is 3.11. The van der Waals surface area contributed by atoms with E-state index in [1.54, 1.807) is 0 Å². The lowest BCUT2D eigenvalue weighted by Crippen LogP contribution is -2.54. The predicted octanol–water partition coefficient (Wildman–Crippen LogP) is 0.994. The molecule has 0 bridgehead atoms. The van der Waals surface area contributed by atoms with Crippen LogP contribution in [0.3, 0.4) is 0 Å². The quantitative estimate of drug-likeness (QED) is 0.720. The van der Waals surface area contributed by atoms with Gasteiger partial charge in [0.05, 0.1) is 6.54 Å². The van der Waals surface area contributed by atoms with Gasteiger partial charge in [-0.05, 0) is 39.5 Å². The second kappa shape index (κ2) is 7.19. The van der Waals surface area contributed by atoms with Gasteiger partial charge in [-0.1, -0.05) is 0 Å². The molecule has 0 spiro atoms. The molecule has 1 saturated carbocycles. The van der Waals surface area contributed by atoms with Crippen LogP contribution < -0.4 is 11.1 Å². The number of nitrogens with one attached hydrogen (secondary N) is 1. The zero-order chi connectivity index (χ0) is 12.2. The van der Waals surface area contributed by atoms with E-state index in [9.17, 15) is 4.79 Å². The standard InChI is InChI=1S/C12H25N3O.ClH/c1-4-15(5-2)11(16)8-14-12(3,9-13)10-6-7-10;/h10,14H,4-9,13H2,1-3H3;1H. The fraction of sp³-hybridized carbons (Fsp3) is 0.917. The monoisotopic (exact) mass is 263 g/mol. The number of likely N-dealkylation sites (N-methyl/N-ethyl adjacent to an activating group) is 1. The van der Waals surface area contributed by atoms with Crippen molar-refractivity contribution in [3.8, 4) is 0 Å². The molecule has 0 radical (unpaired) electrons. The summed E-state index contributed by atoms with van der Waals surface area (Å²) in [6.45, 7) is 8.70. The van der Waals surface area contributed by atoms with Gasteiger partial charge in [-0.3, -0.25) is 4.79 Å². The highest BCUT2D eigenvalue weighted by molar-refractivity contribution is 5.85. The van der Waals surface area contributed by atoms with Crippen LogP contribution in [0.5, 0.6) is 0 Å². The van der Waals surface area contributed by atoms with Gasteiger partial charge in [0.25, 0.3) is 0 Å². The Labute approximate surface area is 111 Å². The molecule has 1 atom stereocenters. The van der Waals surface area contributed by atoms with E-state index in [4.69, 9.17) is 5.73 Å². The predicted molar refractivity (Wildman–Crippen MR) is 73.4 cm³/mol. The Morgan fingerprint density at radius 2 is 1.94 bits per heavy atom. The second-order valence-electron chi connectivity index (χ2n) is 4.82. The van der Waals surface area contributed by atoms with Gasteiger partial charge in [0.2, 0.25) is 5.91 Å². The van der Waals surface area contributed by atoms with Gasteiger partial charge >= 0.3 is 0 Å². The molecular weight excluding hydrogens is 238 g/mol. The van der Waals surface area contributed by atoms with Crippen LogP contribution in [-0.4, -0.2) is 42.5 Å². The fourth-order valence-corrected chi connectivity index (χ4v) is 2.07. The second-order valence-corrected chi connectivity index (χ2v) is 4.82. The number of hydrogen-bond donors (Lipinski definition) is 2. The van der Waals surface area contributed by atoms with Crippen molar-refractivity contribution in [3.05, 3.63) is 0 Å². The molecular formula is C12H26ClN3O. The third-order valence-corrected chi connectivity index (χ3v) is 3.66. The fourth-order valence-electron chi connectivity index (χ4n) is 2.07. The Bertz CT molecular complexity index is 242. The lowest BCUT2D eigenvalue weighted by molar-refractivity contribution is -0.130. The smallest absolute Gasteiger partial charge is 0.236 e. The highest BCUT2D eigenvalue weighted by Gasteiger charge is 2.40. The molecule has 1 aliphatic carbocycles. The first-order chi connectivity index (χ1) is 7.57. The number of carbonyl (C=O) groups is 1. The van der Waals surface area contributed by atoms with Crippen molar-refractivity contribution in [3.63, 3.8) is 0 Å². The summed E-state index contributed by atoms with van der Waals surface area (Å²) in [5, 5.41) is 3.34. The lowest BCUT2D eigenvalue weighted by atomic mass is 9.96. The van der Waals surface area contributed by atoms with E-state index in [0.29, 0.717) is 19.0 Å². The number of hydrogen-bond acceptors (Lipinski definition) is 3. The van der Waals surface area contributed by atoms with Gasteiger partial charge in [0.15, 0.2) is 0 Å². The highest BCUT2D eigenvalue weighted by Crippen LogP contribution is 2.38. The van der Waals surface area contributed by atoms with Crippen molar-refractivity contribution in [2.75, 3.05) is 26.2 Å². The van der Waals surface area contributed by atoms with Gasteiger partial charge in [0.1, 0.15) is 0 Å². The first kappa shape index (κ1) is 16.7. The zero-order valence-electron chi connectivity index (χ0n) is 11.2. The third kappa shape index (κ3) is 4.45. The van der Waals surface area contributed by atoms with Gasteiger partial charge in [-0.2, -0.15) is 0 Å². The van der Waals surface area contributed by atoms with Crippen molar-refractivity contribution >= 4 is 18.3 Å². The molecule has 0 aromatic rings. The number of carbonyl (C=O) groups excluding carboxylic acids is 1. The van der Waals surface area contributed by atoms with E-state index in [1.165, 1.54) is 12.8 Å². The Hall–Kier alpha value is -0.320. The summed E-state index contributed by atoms with van der Waals surface area (Å²) in [5.74, 6) is 0.826. The van der Waals surface area contributed by atoms with Gasteiger partial charge in [-0.15, -0.1) is 12.4 Å². The summed E-state index contributed by atoms with van der Waals surface area (Å²) >= 11 is 0. The van der Waals surface area contributed by atoms with E-state index < -0.39 is 0 Å². The number of nitrogens with zero attached hydrogens (tertiary/aromatic N) is 1. The Balaban J connectivity index is 0.00000256. The van der Waals surface area contributed by atoms with Crippen molar-refractivity contribution < 1.29 is 4.79 Å². The van der Waals surface area contributed by atoms with Crippen LogP contribution in [0.25, 0.3) is 0 Å². The summed E-state index contributed by atoms with van der Waals surface area (Å²) < 4.78 is 0. The van der Waals surface area contributed by atoms with Crippen molar-refractivity contribution in [1.29, 1.82) is 0 Å². The molecule has 5 heteroatoms. The van der Waals surface area contributed by atoms with Crippen molar-refractivity contribution in [2.45, 2.75) is 39.2 Å². The molecule has 4 nitrogen and oxygen atoms in total. The third-order valence-electron chi connectivity index (χ3n) is 3.66. The highest BCUT2D eigenvalue weighted by atomic mass is 35.5. The van der Waals surface area contributed by atoms with Crippen molar-refractivity contribution in [2.24, 2.45) is 11.7 Å². The largest absolute Gasteiger partial charge is 0.342 e. The maximum atomic E-state index is 11.8. The van der Waals surface area contributed by atoms with Gasteiger partial charge in [0, 0.05) is 25.2 Å². The number of halogens is 1. The zero-order valence-corrected chi connectivity index (χ0v) is 12.0. The summed E-state index contributed by atoms with van der Waals surface area (Å²) in [5.41, 5.74) is 5.74. The maximum absolute atomic E-state index is 11.8. The maximum Gasteiger partial charge on any atom is 0.236 e. The van der Waals surface area contributed by atoms with Crippen molar-refractivity contribution in [1.82, 2.24) is 10.2 Å². The molecule has 17 heavy (non-hydrogen) atoms. The summed E-state index contributed by atoms with van der Waals surface area (Å²) in [4.78, 5) is 13.7. The van der Waals surface area contributed by atoms with E-state index >= 15 is 0 Å². The Kier molecular flexibility index (Phi) is 7.05. The molecule has 102 valence electrons. The minimum atomic E-state index is -0.0528. The Morgan fingerprint density at radius 1 is 1.41 bits per heavy atom. The number of rotatable bonds is 7. The van der Waals surface area contributed by atoms with Crippen LogP contribution in [0.2, 0.25) is 0 Å². The first-order valence-electron chi connectivity index (χ1n) is 6.30. The van der Waals surface area contributed by atoms with Crippen LogP contribution in [0, 0.1) is 5.92 Å². The lowest BCUT2D eigenvalue weighted by Gasteiger charge is -2.30. The molecule has 0 aromatic carbocycles. The molecule has 0 heterocycles. The normalized spacial score (nSPS) is 18.1. The number of amides is 1. The van der Waals surface area contributed by atoms with E-state index in [0.717, 1.165) is 13.1 Å². The topological polar surface area (TPSA) is 58.4 Å². The van der Waals surface area contributed by atoms with E-state index in [-0.39, 0.29) is 23.9 Å². The summed E-state index contributed by atoms with van der Waals surface area (Å²) in [6, 6.07) is 0. The van der Waals surface area contributed by atoms with Crippen LogP contribution in [0.1, 0.15) is 33.6 Å². The van der Waals surface area contributed by atoms with Crippen LogP contribution >= 0.6 is 12.4 Å². The minimum Gasteiger partial charge on any atom is -0.342 e. The summed E-state index contributed by atoms with van der Waals surface area (Å²) in [6.07, 6.45) is 2.47. The molecule has 0 saturated heterocycles. The molecule has 3 N–H and O–H groups in total. The SMILES string of the molecule is CCN(CC)C(=O)CNC(C)(CN)C1CC1.Cl. The Morgan fingerprint density at radius 3 is 2.29 bits per heavy atom. The molecule has 1 amide bonds.